The predicted octanol–water partition coefficient (Wildman–Crippen LogP) is -0.00890. The van der Waals surface area contributed by atoms with E-state index < -0.39 is 18.1 Å². The SMILES string of the molecule is CCC(C)C(C(CC(=O)N1CCCC1C(OC)C(C)C(=O)NCC(N)=NN)OC)N(C)C(=O)CC(C)N. The molecule has 0 aliphatic carbocycles. The van der Waals surface area contributed by atoms with E-state index in [4.69, 9.17) is 26.8 Å². The maximum atomic E-state index is 13.6. The van der Waals surface area contributed by atoms with Crippen molar-refractivity contribution in [3.63, 3.8) is 0 Å². The van der Waals surface area contributed by atoms with Gasteiger partial charge in [0.05, 0.1) is 43.2 Å². The van der Waals surface area contributed by atoms with Crippen molar-refractivity contribution >= 4 is 23.6 Å². The third kappa shape index (κ3) is 9.11. The molecule has 7 N–H and O–H groups in total. The fourth-order valence-corrected chi connectivity index (χ4v) is 5.13. The minimum Gasteiger partial charge on any atom is -0.384 e. The van der Waals surface area contributed by atoms with E-state index in [1.54, 1.807) is 44.9 Å². The fourth-order valence-electron chi connectivity index (χ4n) is 5.13. The second-order valence-electron chi connectivity index (χ2n) is 10.2. The number of nitrogens with zero attached hydrogens (tertiary/aromatic N) is 3. The standard InChI is InChI=1S/C25H49N7O5/c1-8-15(2)23(31(5)21(33)12-16(3)26)19(36-6)13-22(34)32-11-9-10-18(32)24(37-7)17(4)25(35)29-14-20(27)30-28/h15-19,23-24H,8-14,26,28H2,1-7H3,(H2,27,30)(H,29,35). The zero-order chi connectivity index (χ0) is 28.3. The molecule has 214 valence electrons. The molecular weight excluding hydrogens is 478 g/mol. The molecule has 1 fully saturated rings. The van der Waals surface area contributed by atoms with Crippen molar-refractivity contribution in [2.75, 3.05) is 34.4 Å². The molecule has 0 aromatic rings. The Morgan fingerprint density at radius 2 is 1.81 bits per heavy atom. The monoisotopic (exact) mass is 527 g/mol. The number of likely N-dealkylation sites (N-methyl/N-ethyl adjacent to an activating group) is 1. The van der Waals surface area contributed by atoms with Crippen molar-refractivity contribution in [2.45, 2.75) is 90.1 Å². The van der Waals surface area contributed by atoms with Gasteiger partial charge in [0.2, 0.25) is 17.7 Å². The van der Waals surface area contributed by atoms with Gasteiger partial charge in [-0.1, -0.05) is 27.2 Å². The Morgan fingerprint density at radius 3 is 2.32 bits per heavy atom. The van der Waals surface area contributed by atoms with E-state index in [-0.39, 0.29) is 67.0 Å². The highest BCUT2D eigenvalue weighted by Crippen LogP contribution is 2.29. The molecule has 1 rings (SSSR count). The van der Waals surface area contributed by atoms with E-state index in [9.17, 15) is 14.4 Å². The first-order valence-corrected chi connectivity index (χ1v) is 13.1. The Kier molecular flexibility index (Phi) is 13.9. The summed E-state index contributed by atoms with van der Waals surface area (Å²) in [5.41, 5.74) is 11.4. The number of likely N-dealkylation sites (tertiary alicyclic amines) is 1. The van der Waals surface area contributed by atoms with Crippen LogP contribution in [0, 0.1) is 11.8 Å². The molecule has 12 nitrogen and oxygen atoms in total. The fraction of sp³-hybridized carbons (Fsp3) is 0.840. The predicted molar refractivity (Wildman–Crippen MR) is 143 cm³/mol. The van der Waals surface area contributed by atoms with Gasteiger partial charge >= 0.3 is 0 Å². The molecule has 0 aromatic heterocycles. The van der Waals surface area contributed by atoms with E-state index in [2.05, 4.69) is 24.3 Å². The number of ether oxygens (including phenoxy) is 2. The quantitative estimate of drug-likeness (QED) is 0.0993. The molecule has 0 aromatic carbocycles. The molecule has 3 amide bonds. The number of amides is 3. The van der Waals surface area contributed by atoms with Gasteiger partial charge in [0.15, 0.2) is 0 Å². The van der Waals surface area contributed by atoms with Crippen LogP contribution >= 0.6 is 0 Å². The minimum absolute atomic E-state index is 0.0328. The molecule has 1 saturated heterocycles. The van der Waals surface area contributed by atoms with Gasteiger partial charge in [-0.05, 0) is 25.7 Å². The zero-order valence-electron chi connectivity index (χ0n) is 23.6. The first-order chi connectivity index (χ1) is 17.4. The van der Waals surface area contributed by atoms with Gasteiger partial charge < -0.3 is 41.9 Å². The van der Waals surface area contributed by atoms with Crippen molar-refractivity contribution in [3.05, 3.63) is 0 Å². The summed E-state index contributed by atoms with van der Waals surface area (Å²) in [4.78, 5) is 42.6. The highest BCUT2D eigenvalue weighted by molar-refractivity contribution is 5.88. The molecule has 0 spiro atoms. The Hall–Kier alpha value is -2.44. The van der Waals surface area contributed by atoms with E-state index in [0.29, 0.717) is 13.0 Å². The first-order valence-electron chi connectivity index (χ1n) is 13.1. The van der Waals surface area contributed by atoms with Gasteiger partial charge in [-0.2, -0.15) is 5.10 Å². The zero-order valence-corrected chi connectivity index (χ0v) is 23.6. The van der Waals surface area contributed by atoms with Crippen LogP contribution in [0.3, 0.4) is 0 Å². The Bertz CT molecular complexity index is 779. The first kappa shape index (κ1) is 32.6. The molecule has 7 unspecified atom stereocenters. The van der Waals surface area contributed by atoms with Gasteiger partial charge in [-0.3, -0.25) is 14.4 Å². The van der Waals surface area contributed by atoms with Crippen LogP contribution in [0.25, 0.3) is 0 Å². The number of carbonyl (C=O) groups is 3. The molecule has 0 saturated carbocycles. The van der Waals surface area contributed by atoms with Crippen molar-refractivity contribution in [1.29, 1.82) is 0 Å². The lowest BCUT2D eigenvalue weighted by atomic mass is 9.90. The summed E-state index contributed by atoms with van der Waals surface area (Å²) in [5, 5.41) is 6.06. The van der Waals surface area contributed by atoms with Crippen molar-refractivity contribution in [3.8, 4) is 0 Å². The number of carbonyl (C=O) groups excluding carboxylic acids is 3. The number of hydrogen-bond acceptors (Lipinski definition) is 8. The van der Waals surface area contributed by atoms with Crippen molar-refractivity contribution in [1.82, 2.24) is 15.1 Å². The van der Waals surface area contributed by atoms with Crippen molar-refractivity contribution < 1.29 is 23.9 Å². The molecule has 37 heavy (non-hydrogen) atoms. The third-order valence-electron chi connectivity index (χ3n) is 7.41. The van der Waals surface area contributed by atoms with Gasteiger partial charge in [0.1, 0.15) is 5.84 Å². The molecule has 1 heterocycles. The van der Waals surface area contributed by atoms with Crippen LogP contribution in [0.4, 0.5) is 0 Å². The van der Waals surface area contributed by atoms with E-state index >= 15 is 0 Å². The van der Waals surface area contributed by atoms with Crippen LogP contribution in [-0.2, 0) is 23.9 Å². The van der Waals surface area contributed by atoms with Gasteiger partial charge in [0, 0.05) is 40.3 Å². The molecule has 12 heteroatoms. The molecule has 1 aliphatic heterocycles. The Morgan fingerprint density at radius 1 is 1.16 bits per heavy atom. The lowest BCUT2D eigenvalue weighted by molar-refractivity contribution is -0.145. The summed E-state index contributed by atoms with van der Waals surface area (Å²) in [6.07, 6.45) is 1.66. The summed E-state index contributed by atoms with van der Waals surface area (Å²) in [6.45, 7) is 8.26. The van der Waals surface area contributed by atoms with Gasteiger partial charge in [-0.25, -0.2) is 0 Å². The molecule has 1 aliphatic rings. The maximum Gasteiger partial charge on any atom is 0.225 e. The number of hydrazone groups is 1. The highest BCUT2D eigenvalue weighted by atomic mass is 16.5. The lowest BCUT2D eigenvalue weighted by Gasteiger charge is -2.39. The van der Waals surface area contributed by atoms with E-state index in [1.807, 2.05) is 0 Å². The largest absolute Gasteiger partial charge is 0.384 e. The van der Waals surface area contributed by atoms with Crippen LogP contribution in [0.15, 0.2) is 5.10 Å². The number of nitrogens with one attached hydrogen (secondary N) is 1. The van der Waals surface area contributed by atoms with Crippen molar-refractivity contribution in [2.24, 2.45) is 34.2 Å². The summed E-state index contributed by atoms with van der Waals surface area (Å²) in [7, 11) is 4.86. The minimum atomic E-state index is -0.540. The average Bonchev–Trinajstić information content (AvgIpc) is 3.35. The summed E-state index contributed by atoms with van der Waals surface area (Å²) in [6, 6.07) is -0.815. The Labute approximate surface area is 221 Å². The third-order valence-corrected chi connectivity index (χ3v) is 7.41. The molecule has 7 atom stereocenters. The van der Waals surface area contributed by atoms with Gasteiger partial charge in [0.25, 0.3) is 0 Å². The number of nitrogens with two attached hydrogens (primary N) is 3. The maximum absolute atomic E-state index is 13.6. The Balaban J connectivity index is 3.05. The summed E-state index contributed by atoms with van der Waals surface area (Å²) < 4.78 is 11.5. The topological polar surface area (TPSA) is 179 Å². The lowest BCUT2D eigenvalue weighted by Crippen LogP contribution is -2.53. The van der Waals surface area contributed by atoms with E-state index in [1.165, 1.54) is 0 Å². The second kappa shape index (κ2) is 15.7. The molecule has 0 bridgehead atoms. The number of methoxy groups -OCH3 is 2. The highest BCUT2D eigenvalue weighted by Gasteiger charge is 2.41. The molecule has 0 radical (unpaired) electrons. The average molecular weight is 528 g/mol. The van der Waals surface area contributed by atoms with Gasteiger partial charge in [-0.15, -0.1) is 0 Å². The number of amidine groups is 1. The smallest absolute Gasteiger partial charge is 0.225 e. The summed E-state index contributed by atoms with van der Waals surface area (Å²) >= 11 is 0. The van der Waals surface area contributed by atoms with Crippen LogP contribution in [0.1, 0.15) is 59.8 Å². The normalized spacial score (nSPS) is 21.0. The number of rotatable bonds is 15. The summed E-state index contributed by atoms with van der Waals surface area (Å²) in [5.74, 6) is 4.37. The van der Waals surface area contributed by atoms with Crippen LogP contribution in [0.2, 0.25) is 0 Å². The molecular formula is C25H49N7O5. The number of hydrogen-bond donors (Lipinski definition) is 4. The van der Waals surface area contributed by atoms with Crippen LogP contribution < -0.4 is 22.6 Å². The van der Waals surface area contributed by atoms with E-state index in [0.717, 1.165) is 12.8 Å². The van der Waals surface area contributed by atoms with Crippen LogP contribution in [0.5, 0.6) is 0 Å². The second-order valence-corrected chi connectivity index (χ2v) is 10.2. The van der Waals surface area contributed by atoms with Crippen LogP contribution in [-0.4, -0.2) is 98.0 Å².